The first-order valence-corrected chi connectivity index (χ1v) is 8.12. The fourth-order valence-electron chi connectivity index (χ4n) is 2.37. The Kier molecular flexibility index (Phi) is 5.95. The van der Waals surface area contributed by atoms with Crippen molar-refractivity contribution in [1.29, 1.82) is 0 Å². The number of benzene rings is 2. The summed E-state index contributed by atoms with van der Waals surface area (Å²) >= 11 is 0. The van der Waals surface area contributed by atoms with Gasteiger partial charge in [-0.05, 0) is 61.9 Å². The van der Waals surface area contributed by atoms with E-state index in [1.807, 2.05) is 13.0 Å². The first-order valence-electron chi connectivity index (χ1n) is 8.12. The normalized spacial score (nSPS) is 11.3. The number of anilines is 3. The molecule has 5 N–H and O–H groups in total. The molecular formula is C19H22N4O3. The minimum absolute atomic E-state index is 0.135. The fourth-order valence-corrected chi connectivity index (χ4v) is 2.37. The van der Waals surface area contributed by atoms with E-state index < -0.39 is 11.9 Å². The van der Waals surface area contributed by atoms with Crippen LogP contribution in [-0.4, -0.2) is 23.8 Å². The maximum absolute atomic E-state index is 12.3. The van der Waals surface area contributed by atoms with Gasteiger partial charge < -0.3 is 21.7 Å². The molecule has 3 amide bonds. The zero-order valence-corrected chi connectivity index (χ0v) is 14.9. The van der Waals surface area contributed by atoms with Gasteiger partial charge in [0.15, 0.2) is 0 Å². The Morgan fingerprint density at radius 1 is 0.962 bits per heavy atom. The fraction of sp³-hybridized carbons (Fsp3) is 0.211. The van der Waals surface area contributed by atoms with Crippen molar-refractivity contribution >= 4 is 34.8 Å². The molecule has 7 nitrogen and oxygen atoms in total. The van der Waals surface area contributed by atoms with Crippen LogP contribution in [0.2, 0.25) is 0 Å². The van der Waals surface area contributed by atoms with Crippen LogP contribution in [0.5, 0.6) is 0 Å². The average molecular weight is 354 g/mol. The highest BCUT2D eigenvalue weighted by molar-refractivity contribution is 5.97. The molecule has 0 saturated heterocycles. The number of hydrogen-bond donors (Lipinski definition) is 4. The molecule has 2 aromatic carbocycles. The van der Waals surface area contributed by atoms with Crippen LogP contribution in [0.1, 0.15) is 29.8 Å². The van der Waals surface area contributed by atoms with Crippen LogP contribution in [0.4, 0.5) is 17.1 Å². The SMILES string of the molecule is CC(=O)Nc1ccc(NC(C)C(=O)Nc2ccc(C(N)=O)cc2)cc1C. The molecule has 26 heavy (non-hydrogen) atoms. The van der Waals surface area contributed by atoms with Gasteiger partial charge >= 0.3 is 0 Å². The van der Waals surface area contributed by atoms with Crippen LogP contribution in [0, 0.1) is 6.92 Å². The van der Waals surface area contributed by atoms with Crippen molar-refractivity contribution < 1.29 is 14.4 Å². The van der Waals surface area contributed by atoms with Gasteiger partial charge in [-0.15, -0.1) is 0 Å². The summed E-state index contributed by atoms with van der Waals surface area (Å²) in [6, 6.07) is 11.3. The summed E-state index contributed by atoms with van der Waals surface area (Å²) in [5.41, 5.74) is 8.53. The third-order valence-corrected chi connectivity index (χ3v) is 3.75. The second-order valence-electron chi connectivity index (χ2n) is 6.01. The van der Waals surface area contributed by atoms with Gasteiger partial charge in [0.1, 0.15) is 6.04 Å². The van der Waals surface area contributed by atoms with E-state index in [2.05, 4.69) is 16.0 Å². The maximum Gasteiger partial charge on any atom is 0.248 e. The Bertz CT molecular complexity index is 831. The highest BCUT2D eigenvalue weighted by Crippen LogP contribution is 2.20. The molecule has 0 bridgehead atoms. The van der Waals surface area contributed by atoms with E-state index >= 15 is 0 Å². The minimum atomic E-state index is -0.518. The van der Waals surface area contributed by atoms with E-state index in [1.54, 1.807) is 43.3 Å². The molecule has 1 unspecified atom stereocenters. The average Bonchev–Trinajstić information content (AvgIpc) is 2.57. The van der Waals surface area contributed by atoms with Crippen molar-refractivity contribution in [3.8, 4) is 0 Å². The lowest BCUT2D eigenvalue weighted by atomic mass is 10.1. The molecule has 0 aliphatic carbocycles. The van der Waals surface area contributed by atoms with Crippen molar-refractivity contribution in [1.82, 2.24) is 0 Å². The standard InChI is InChI=1S/C19H22N4O3/c1-11-10-16(8-9-17(11)22-13(3)24)21-12(2)19(26)23-15-6-4-14(5-7-15)18(20)25/h4-10,12,21H,1-3H3,(H2,20,25)(H,22,24)(H,23,26). The number of hydrogen-bond acceptors (Lipinski definition) is 4. The summed E-state index contributed by atoms with van der Waals surface area (Å²) in [5.74, 6) is -0.875. The molecule has 2 aromatic rings. The predicted molar refractivity (Wildman–Crippen MR) is 102 cm³/mol. The summed E-state index contributed by atoms with van der Waals surface area (Å²) < 4.78 is 0. The van der Waals surface area contributed by atoms with Gasteiger partial charge in [0, 0.05) is 29.5 Å². The summed E-state index contributed by atoms with van der Waals surface area (Å²) in [6.07, 6.45) is 0. The summed E-state index contributed by atoms with van der Waals surface area (Å²) in [6.45, 7) is 5.07. The molecule has 0 radical (unpaired) electrons. The molecule has 0 heterocycles. The second-order valence-corrected chi connectivity index (χ2v) is 6.01. The highest BCUT2D eigenvalue weighted by atomic mass is 16.2. The Hall–Kier alpha value is -3.35. The van der Waals surface area contributed by atoms with Crippen molar-refractivity contribution in [3.63, 3.8) is 0 Å². The molecule has 0 saturated carbocycles. The van der Waals surface area contributed by atoms with Crippen LogP contribution < -0.4 is 21.7 Å². The smallest absolute Gasteiger partial charge is 0.248 e. The number of aryl methyl sites for hydroxylation is 1. The van der Waals surface area contributed by atoms with Gasteiger partial charge in [0.05, 0.1) is 0 Å². The number of nitrogens with two attached hydrogens (primary N) is 1. The Morgan fingerprint density at radius 2 is 1.58 bits per heavy atom. The van der Waals surface area contributed by atoms with Gasteiger partial charge in [0.2, 0.25) is 17.7 Å². The van der Waals surface area contributed by atoms with E-state index in [4.69, 9.17) is 5.73 Å². The van der Waals surface area contributed by atoms with Gasteiger partial charge in [-0.25, -0.2) is 0 Å². The number of primary amides is 1. The lowest BCUT2D eigenvalue weighted by Gasteiger charge is -2.17. The van der Waals surface area contributed by atoms with Crippen LogP contribution in [-0.2, 0) is 9.59 Å². The van der Waals surface area contributed by atoms with Gasteiger partial charge in [-0.1, -0.05) is 0 Å². The van der Waals surface area contributed by atoms with E-state index in [0.717, 1.165) is 16.9 Å². The molecule has 0 spiro atoms. The van der Waals surface area contributed by atoms with Crippen molar-refractivity contribution in [2.75, 3.05) is 16.0 Å². The first-order chi connectivity index (χ1) is 12.3. The quantitative estimate of drug-likeness (QED) is 0.638. The third-order valence-electron chi connectivity index (χ3n) is 3.75. The molecule has 0 aromatic heterocycles. The third kappa shape index (κ3) is 5.07. The molecule has 0 fully saturated rings. The molecule has 0 aliphatic heterocycles. The zero-order chi connectivity index (χ0) is 19.3. The van der Waals surface area contributed by atoms with Crippen LogP contribution in [0.25, 0.3) is 0 Å². The monoisotopic (exact) mass is 354 g/mol. The Morgan fingerprint density at radius 3 is 2.12 bits per heavy atom. The number of amides is 3. The van der Waals surface area contributed by atoms with Crippen molar-refractivity contribution in [2.45, 2.75) is 26.8 Å². The van der Waals surface area contributed by atoms with E-state index in [1.165, 1.54) is 6.92 Å². The summed E-state index contributed by atoms with van der Waals surface area (Å²) in [4.78, 5) is 34.5. The minimum Gasteiger partial charge on any atom is -0.374 e. The molecule has 1 atom stereocenters. The lowest BCUT2D eigenvalue weighted by Crippen LogP contribution is -2.31. The molecule has 2 rings (SSSR count). The Labute approximate surface area is 152 Å². The van der Waals surface area contributed by atoms with Crippen LogP contribution in [0.3, 0.4) is 0 Å². The molecular weight excluding hydrogens is 332 g/mol. The largest absolute Gasteiger partial charge is 0.374 e. The van der Waals surface area contributed by atoms with E-state index in [9.17, 15) is 14.4 Å². The van der Waals surface area contributed by atoms with E-state index in [-0.39, 0.29) is 11.8 Å². The van der Waals surface area contributed by atoms with Gasteiger partial charge in [-0.3, -0.25) is 14.4 Å². The number of carbonyl (C=O) groups excluding carboxylic acids is 3. The number of rotatable bonds is 6. The Balaban J connectivity index is 1.99. The summed E-state index contributed by atoms with van der Waals surface area (Å²) in [5, 5.41) is 8.63. The molecule has 0 aliphatic rings. The van der Waals surface area contributed by atoms with Crippen molar-refractivity contribution in [2.24, 2.45) is 5.73 Å². The second kappa shape index (κ2) is 8.15. The maximum atomic E-state index is 12.3. The number of carbonyl (C=O) groups is 3. The van der Waals surface area contributed by atoms with Crippen LogP contribution >= 0.6 is 0 Å². The number of nitrogens with one attached hydrogen (secondary N) is 3. The summed E-state index contributed by atoms with van der Waals surface area (Å²) in [7, 11) is 0. The van der Waals surface area contributed by atoms with Crippen LogP contribution in [0.15, 0.2) is 42.5 Å². The van der Waals surface area contributed by atoms with Crippen molar-refractivity contribution in [3.05, 3.63) is 53.6 Å². The lowest BCUT2D eigenvalue weighted by molar-refractivity contribution is -0.116. The topological polar surface area (TPSA) is 113 Å². The van der Waals surface area contributed by atoms with Gasteiger partial charge in [0.25, 0.3) is 0 Å². The first kappa shape index (κ1) is 19.0. The zero-order valence-electron chi connectivity index (χ0n) is 14.9. The predicted octanol–water partition coefficient (Wildman–Crippen LogP) is 2.49. The highest BCUT2D eigenvalue weighted by Gasteiger charge is 2.13. The van der Waals surface area contributed by atoms with Gasteiger partial charge in [-0.2, -0.15) is 0 Å². The molecule has 7 heteroatoms. The van der Waals surface area contributed by atoms with E-state index in [0.29, 0.717) is 11.3 Å². The molecule has 136 valence electrons.